The molecule has 0 spiro atoms. The number of amides is 1. The molecular formula is C16H29N3O3. The van der Waals surface area contributed by atoms with Crippen molar-refractivity contribution < 1.29 is 14.7 Å². The maximum absolute atomic E-state index is 12.1. The fraction of sp³-hybridized carbons (Fsp3) is 0.875. The van der Waals surface area contributed by atoms with Crippen LogP contribution in [0.2, 0.25) is 0 Å². The van der Waals surface area contributed by atoms with Crippen molar-refractivity contribution in [3.8, 4) is 0 Å². The van der Waals surface area contributed by atoms with E-state index in [4.69, 9.17) is 5.11 Å². The lowest BCUT2D eigenvalue weighted by Gasteiger charge is -2.36. The van der Waals surface area contributed by atoms with Crippen LogP contribution >= 0.6 is 0 Å². The van der Waals surface area contributed by atoms with Crippen molar-refractivity contribution in [2.45, 2.75) is 51.6 Å². The highest BCUT2D eigenvalue weighted by Crippen LogP contribution is 2.23. The second-order valence-corrected chi connectivity index (χ2v) is 6.86. The summed E-state index contributed by atoms with van der Waals surface area (Å²) in [4.78, 5) is 27.2. The van der Waals surface area contributed by atoms with E-state index in [2.05, 4.69) is 17.1 Å². The number of carboxylic acid groups (broad SMARTS) is 1. The highest BCUT2D eigenvalue weighted by atomic mass is 16.4. The normalized spacial score (nSPS) is 29.0. The highest BCUT2D eigenvalue weighted by molar-refractivity contribution is 5.78. The van der Waals surface area contributed by atoms with Gasteiger partial charge in [0.1, 0.15) is 6.04 Å². The molecule has 0 aromatic carbocycles. The second-order valence-electron chi connectivity index (χ2n) is 6.86. The fourth-order valence-corrected chi connectivity index (χ4v) is 3.51. The standard InChI is InChI=1S/C16H29N3O3/c1-12-4-3-5-14(10-12)17-15(20)11-18-6-8-19(9-7-18)13(2)16(21)22/h12-14H,3-11H2,1-2H3,(H,17,20)(H,21,22)/t12-,13+,14+/m1/s1. The van der Waals surface area contributed by atoms with Crippen LogP contribution in [-0.2, 0) is 9.59 Å². The van der Waals surface area contributed by atoms with Gasteiger partial charge < -0.3 is 10.4 Å². The Hall–Kier alpha value is -1.14. The molecule has 1 heterocycles. The van der Waals surface area contributed by atoms with Gasteiger partial charge in [0.2, 0.25) is 5.91 Å². The Balaban J connectivity index is 1.69. The van der Waals surface area contributed by atoms with Gasteiger partial charge in [-0.25, -0.2) is 0 Å². The highest BCUT2D eigenvalue weighted by Gasteiger charge is 2.26. The summed E-state index contributed by atoms with van der Waals surface area (Å²) in [5.41, 5.74) is 0. The zero-order valence-corrected chi connectivity index (χ0v) is 13.8. The van der Waals surface area contributed by atoms with Gasteiger partial charge in [0.15, 0.2) is 0 Å². The van der Waals surface area contributed by atoms with Gasteiger partial charge in [-0.05, 0) is 25.7 Å². The van der Waals surface area contributed by atoms with Crippen molar-refractivity contribution in [2.75, 3.05) is 32.7 Å². The molecule has 0 bridgehead atoms. The summed E-state index contributed by atoms with van der Waals surface area (Å²) in [7, 11) is 0. The maximum Gasteiger partial charge on any atom is 0.320 e. The lowest BCUT2D eigenvalue weighted by molar-refractivity contribution is -0.143. The van der Waals surface area contributed by atoms with Crippen LogP contribution in [0.25, 0.3) is 0 Å². The number of nitrogens with one attached hydrogen (secondary N) is 1. The van der Waals surface area contributed by atoms with Crippen LogP contribution in [-0.4, -0.2) is 71.6 Å². The van der Waals surface area contributed by atoms with Crippen molar-refractivity contribution in [1.82, 2.24) is 15.1 Å². The van der Waals surface area contributed by atoms with E-state index in [1.807, 2.05) is 4.90 Å². The number of piperazine rings is 1. The molecule has 3 atom stereocenters. The van der Waals surface area contributed by atoms with E-state index in [0.717, 1.165) is 25.9 Å². The summed E-state index contributed by atoms with van der Waals surface area (Å²) in [6, 6.07) is -0.107. The van der Waals surface area contributed by atoms with Crippen LogP contribution in [0.3, 0.4) is 0 Å². The average Bonchev–Trinajstić information content (AvgIpc) is 2.47. The zero-order valence-electron chi connectivity index (χ0n) is 13.8. The van der Waals surface area contributed by atoms with Crippen LogP contribution in [0.4, 0.5) is 0 Å². The Morgan fingerprint density at radius 2 is 1.91 bits per heavy atom. The number of carboxylic acids is 1. The predicted octanol–water partition coefficient (Wildman–Crippen LogP) is 0.772. The summed E-state index contributed by atoms with van der Waals surface area (Å²) in [6.45, 7) is 7.33. The molecule has 2 N–H and O–H groups in total. The minimum absolute atomic E-state index is 0.110. The molecule has 0 radical (unpaired) electrons. The van der Waals surface area contributed by atoms with Crippen LogP contribution in [0.15, 0.2) is 0 Å². The fourth-order valence-electron chi connectivity index (χ4n) is 3.51. The number of nitrogens with zero attached hydrogens (tertiary/aromatic N) is 2. The Bertz CT molecular complexity index is 394. The summed E-state index contributed by atoms with van der Waals surface area (Å²) in [5, 5.41) is 12.2. The third-order valence-electron chi connectivity index (χ3n) is 4.98. The number of aliphatic carboxylic acids is 1. The van der Waals surface area contributed by atoms with Crippen LogP contribution in [0.1, 0.15) is 39.5 Å². The molecular weight excluding hydrogens is 282 g/mol. The molecule has 1 amide bonds. The molecule has 22 heavy (non-hydrogen) atoms. The maximum atomic E-state index is 12.1. The van der Waals surface area contributed by atoms with E-state index in [0.29, 0.717) is 31.6 Å². The summed E-state index contributed by atoms with van der Waals surface area (Å²) in [5.74, 6) is 0.0385. The Labute approximate surface area is 132 Å². The molecule has 1 aliphatic carbocycles. The molecule has 0 aromatic rings. The zero-order chi connectivity index (χ0) is 16.1. The van der Waals surface area contributed by atoms with Crippen molar-refractivity contribution in [2.24, 2.45) is 5.92 Å². The topological polar surface area (TPSA) is 72.9 Å². The van der Waals surface area contributed by atoms with Crippen molar-refractivity contribution >= 4 is 11.9 Å². The lowest BCUT2D eigenvalue weighted by Crippen LogP contribution is -2.54. The van der Waals surface area contributed by atoms with Gasteiger partial charge in [-0.2, -0.15) is 0 Å². The Morgan fingerprint density at radius 3 is 2.50 bits per heavy atom. The summed E-state index contributed by atoms with van der Waals surface area (Å²) >= 11 is 0. The molecule has 1 aliphatic heterocycles. The molecule has 2 rings (SSSR count). The molecule has 2 fully saturated rings. The molecule has 1 saturated heterocycles. The monoisotopic (exact) mass is 311 g/mol. The quantitative estimate of drug-likeness (QED) is 0.785. The van der Waals surface area contributed by atoms with Gasteiger partial charge in [0.05, 0.1) is 6.54 Å². The summed E-state index contributed by atoms with van der Waals surface area (Å²) < 4.78 is 0. The van der Waals surface area contributed by atoms with Crippen LogP contribution < -0.4 is 5.32 Å². The minimum Gasteiger partial charge on any atom is -0.480 e. The third-order valence-corrected chi connectivity index (χ3v) is 4.98. The summed E-state index contributed by atoms with van der Waals surface area (Å²) in [6.07, 6.45) is 4.67. The van der Waals surface area contributed by atoms with Gasteiger partial charge in [0.25, 0.3) is 0 Å². The Morgan fingerprint density at radius 1 is 1.23 bits per heavy atom. The van der Waals surface area contributed by atoms with E-state index in [9.17, 15) is 9.59 Å². The van der Waals surface area contributed by atoms with Gasteiger partial charge in [0, 0.05) is 32.2 Å². The van der Waals surface area contributed by atoms with Gasteiger partial charge in [-0.15, -0.1) is 0 Å². The van der Waals surface area contributed by atoms with Crippen molar-refractivity contribution in [1.29, 1.82) is 0 Å². The lowest BCUT2D eigenvalue weighted by atomic mass is 9.87. The molecule has 6 nitrogen and oxygen atoms in total. The van der Waals surface area contributed by atoms with Crippen molar-refractivity contribution in [3.05, 3.63) is 0 Å². The molecule has 1 saturated carbocycles. The molecule has 2 aliphatic rings. The molecule has 0 aromatic heterocycles. The van der Waals surface area contributed by atoms with Crippen LogP contribution in [0, 0.1) is 5.92 Å². The number of carbonyl (C=O) groups is 2. The smallest absolute Gasteiger partial charge is 0.320 e. The number of hydrogen-bond acceptors (Lipinski definition) is 4. The first-order valence-electron chi connectivity index (χ1n) is 8.44. The number of rotatable bonds is 5. The number of hydrogen-bond donors (Lipinski definition) is 2. The third kappa shape index (κ3) is 4.95. The average molecular weight is 311 g/mol. The van der Waals surface area contributed by atoms with E-state index in [1.54, 1.807) is 6.92 Å². The Kier molecular flexibility index (Phi) is 6.20. The molecule has 0 unspecified atom stereocenters. The minimum atomic E-state index is -0.780. The van der Waals surface area contributed by atoms with Gasteiger partial charge in [-0.1, -0.05) is 19.8 Å². The predicted molar refractivity (Wildman–Crippen MR) is 84.7 cm³/mol. The SMILES string of the molecule is C[C@@H]1CCC[C@H](NC(=O)CN2CCN([C@@H](C)C(=O)O)CC2)C1. The molecule has 6 heteroatoms. The van der Waals surface area contributed by atoms with E-state index in [1.165, 1.54) is 12.8 Å². The van der Waals surface area contributed by atoms with E-state index in [-0.39, 0.29) is 5.91 Å². The first-order valence-corrected chi connectivity index (χ1v) is 8.44. The number of carbonyl (C=O) groups excluding carboxylic acids is 1. The van der Waals surface area contributed by atoms with Crippen molar-refractivity contribution in [3.63, 3.8) is 0 Å². The van der Waals surface area contributed by atoms with Crippen LogP contribution in [0.5, 0.6) is 0 Å². The molecule has 126 valence electrons. The van der Waals surface area contributed by atoms with E-state index >= 15 is 0 Å². The van der Waals surface area contributed by atoms with Gasteiger partial charge >= 0.3 is 5.97 Å². The first kappa shape index (κ1) is 17.2. The van der Waals surface area contributed by atoms with Gasteiger partial charge in [-0.3, -0.25) is 19.4 Å². The first-order chi connectivity index (χ1) is 10.5. The second kappa shape index (κ2) is 7.92. The largest absolute Gasteiger partial charge is 0.480 e. The van der Waals surface area contributed by atoms with E-state index < -0.39 is 12.0 Å².